The third-order valence-electron chi connectivity index (χ3n) is 4.39. The number of carbonyl (C=O) groups is 1. The maximum Gasteiger partial charge on any atom is 0.261 e. The Morgan fingerprint density at radius 2 is 2.00 bits per heavy atom. The molecule has 3 rings (SSSR count). The Hall–Kier alpha value is -2.08. The van der Waals surface area contributed by atoms with Crippen LogP contribution in [0.25, 0.3) is 0 Å². The summed E-state index contributed by atoms with van der Waals surface area (Å²) in [5, 5.41) is 0. The van der Waals surface area contributed by atoms with Crippen molar-refractivity contribution in [3.05, 3.63) is 58.3 Å². The predicted octanol–water partition coefficient (Wildman–Crippen LogP) is 4.73. The van der Waals surface area contributed by atoms with Gasteiger partial charge in [0.1, 0.15) is 17.3 Å². The standard InChI is InChI=1S/C20H21BrFNO3/c1-2-25-16-8-5-14(6-9-16)18-4-3-11-23(18)20(24)13-26-19-10-7-15(22)12-17(19)21/h5-10,12,18H,2-4,11,13H2,1H3. The summed E-state index contributed by atoms with van der Waals surface area (Å²) in [7, 11) is 0. The minimum Gasteiger partial charge on any atom is -0.494 e. The van der Waals surface area contributed by atoms with Crippen molar-refractivity contribution < 1.29 is 18.7 Å². The lowest BCUT2D eigenvalue weighted by molar-refractivity contribution is -0.134. The first kappa shape index (κ1) is 18.7. The largest absolute Gasteiger partial charge is 0.494 e. The van der Waals surface area contributed by atoms with Gasteiger partial charge in [0, 0.05) is 6.54 Å². The molecule has 1 fully saturated rings. The van der Waals surface area contributed by atoms with E-state index in [-0.39, 0.29) is 24.4 Å². The summed E-state index contributed by atoms with van der Waals surface area (Å²) in [4.78, 5) is 14.5. The molecule has 4 nitrogen and oxygen atoms in total. The zero-order valence-corrected chi connectivity index (χ0v) is 16.2. The van der Waals surface area contributed by atoms with Crippen molar-refractivity contribution in [2.75, 3.05) is 19.8 Å². The molecule has 26 heavy (non-hydrogen) atoms. The van der Waals surface area contributed by atoms with E-state index in [1.165, 1.54) is 18.2 Å². The fourth-order valence-corrected chi connectivity index (χ4v) is 3.64. The van der Waals surface area contributed by atoms with Crippen LogP contribution >= 0.6 is 15.9 Å². The summed E-state index contributed by atoms with van der Waals surface area (Å²) in [5.74, 6) is 0.858. The summed E-state index contributed by atoms with van der Waals surface area (Å²) >= 11 is 3.25. The maximum atomic E-state index is 13.1. The Labute approximate surface area is 161 Å². The first-order valence-corrected chi connectivity index (χ1v) is 9.48. The van der Waals surface area contributed by atoms with Crippen LogP contribution in [0.5, 0.6) is 11.5 Å². The van der Waals surface area contributed by atoms with Gasteiger partial charge in [-0.15, -0.1) is 0 Å². The second-order valence-corrected chi connectivity index (χ2v) is 6.96. The van der Waals surface area contributed by atoms with Crippen LogP contribution in [0, 0.1) is 5.82 Å². The van der Waals surface area contributed by atoms with Crippen molar-refractivity contribution >= 4 is 21.8 Å². The fourth-order valence-electron chi connectivity index (χ4n) is 3.18. The number of carbonyl (C=O) groups excluding carboxylic acids is 1. The molecule has 0 radical (unpaired) electrons. The Kier molecular flexibility index (Phi) is 6.14. The SMILES string of the molecule is CCOc1ccc(C2CCCN2C(=O)COc2ccc(F)cc2Br)cc1. The summed E-state index contributed by atoms with van der Waals surface area (Å²) in [6.07, 6.45) is 1.89. The number of nitrogens with zero attached hydrogens (tertiary/aromatic N) is 1. The second-order valence-electron chi connectivity index (χ2n) is 6.11. The number of halogens is 2. The van der Waals surface area contributed by atoms with E-state index in [2.05, 4.69) is 15.9 Å². The van der Waals surface area contributed by atoms with Crippen molar-refractivity contribution in [2.45, 2.75) is 25.8 Å². The van der Waals surface area contributed by atoms with Crippen molar-refractivity contribution in [1.29, 1.82) is 0 Å². The highest BCUT2D eigenvalue weighted by Gasteiger charge is 2.30. The molecule has 0 bridgehead atoms. The smallest absolute Gasteiger partial charge is 0.261 e. The average Bonchev–Trinajstić information content (AvgIpc) is 3.11. The van der Waals surface area contributed by atoms with E-state index in [9.17, 15) is 9.18 Å². The lowest BCUT2D eigenvalue weighted by Gasteiger charge is -2.25. The van der Waals surface area contributed by atoms with E-state index in [1.807, 2.05) is 36.1 Å². The number of benzene rings is 2. The van der Waals surface area contributed by atoms with Gasteiger partial charge in [-0.2, -0.15) is 0 Å². The molecule has 1 unspecified atom stereocenters. The molecule has 1 aliphatic rings. The molecule has 0 N–H and O–H groups in total. The Morgan fingerprint density at radius 3 is 2.69 bits per heavy atom. The van der Waals surface area contributed by atoms with E-state index < -0.39 is 0 Å². The lowest BCUT2D eigenvalue weighted by atomic mass is 10.0. The molecular weight excluding hydrogens is 401 g/mol. The molecule has 0 saturated carbocycles. The number of ether oxygens (including phenoxy) is 2. The monoisotopic (exact) mass is 421 g/mol. The molecule has 138 valence electrons. The zero-order valence-electron chi connectivity index (χ0n) is 14.6. The number of amides is 1. The highest BCUT2D eigenvalue weighted by atomic mass is 79.9. The highest BCUT2D eigenvalue weighted by Crippen LogP contribution is 2.33. The van der Waals surface area contributed by atoms with Crippen LogP contribution < -0.4 is 9.47 Å². The number of hydrogen-bond donors (Lipinski definition) is 0. The fraction of sp³-hybridized carbons (Fsp3) is 0.350. The van der Waals surface area contributed by atoms with Crippen LogP contribution in [-0.2, 0) is 4.79 Å². The molecule has 1 atom stereocenters. The van der Waals surface area contributed by atoms with E-state index in [1.54, 1.807) is 0 Å². The Bertz CT molecular complexity index is 766. The van der Waals surface area contributed by atoms with Crippen molar-refractivity contribution in [1.82, 2.24) is 4.90 Å². The molecule has 1 amide bonds. The first-order valence-electron chi connectivity index (χ1n) is 8.68. The lowest BCUT2D eigenvalue weighted by Crippen LogP contribution is -2.34. The summed E-state index contributed by atoms with van der Waals surface area (Å²) in [5.41, 5.74) is 1.10. The third-order valence-corrected chi connectivity index (χ3v) is 5.01. The van der Waals surface area contributed by atoms with Gasteiger partial charge in [-0.3, -0.25) is 4.79 Å². The second kappa shape index (κ2) is 8.54. The molecule has 1 heterocycles. The van der Waals surface area contributed by atoms with Gasteiger partial charge in [0.05, 0.1) is 17.1 Å². The molecule has 1 saturated heterocycles. The van der Waals surface area contributed by atoms with Gasteiger partial charge in [-0.1, -0.05) is 12.1 Å². The predicted molar refractivity (Wildman–Crippen MR) is 101 cm³/mol. The Morgan fingerprint density at radius 1 is 1.23 bits per heavy atom. The number of rotatable bonds is 6. The number of likely N-dealkylation sites (tertiary alicyclic amines) is 1. The van der Waals surface area contributed by atoms with Crippen LogP contribution in [0.1, 0.15) is 31.4 Å². The zero-order chi connectivity index (χ0) is 18.5. The van der Waals surface area contributed by atoms with Crippen LogP contribution in [0.2, 0.25) is 0 Å². The highest BCUT2D eigenvalue weighted by molar-refractivity contribution is 9.10. The molecule has 2 aromatic rings. The van der Waals surface area contributed by atoms with Crippen LogP contribution in [0.4, 0.5) is 4.39 Å². The first-order chi connectivity index (χ1) is 12.6. The molecule has 0 aliphatic carbocycles. The minimum atomic E-state index is -0.356. The topological polar surface area (TPSA) is 38.8 Å². The average molecular weight is 422 g/mol. The van der Waals surface area contributed by atoms with E-state index >= 15 is 0 Å². The molecule has 6 heteroatoms. The van der Waals surface area contributed by atoms with Gasteiger partial charge in [-0.05, 0) is 71.6 Å². The summed E-state index contributed by atoms with van der Waals surface area (Å²) in [6.45, 7) is 3.22. The molecule has 0 aromatic heterocycles. The number of hydrogen-bond acceptors (Lipinski definition) is 3. The molecular formula is C20H21BrFNO3. The van der Waals surface area contributed by atoms with Gasteiger partial charge in [0.25, 0.3) is 5.91 Å². The van der Waals surface area contributed by atoms with Gasteiger partial charge < -0.3 is 14.4 Å². The molecule has 2 aromatic carbocycles. The van der Waals surface area contributed by atoms with Crippen LogP contribution in [-0.4, -0.2) is 30.6 Å². The van der Waals surface area contributed by atoms with Crippen LogP contribution in [0.15, 0.2) is 46.9 Å². The Balaban J connectivity index is 1.64. The van der Waals surface area contributed by atoms with Crippen molar-refractivity contribution in [2.24, 2.45) is 0 Å². The summed E-state index contributed by atoms with van der Waals surface area (Å²) < 4.78 is 24.7. The van der Waals surface area contributed by atoms with Gasteiger partial charge >= 0.3 is 0 Å². The molecule has 1 aliphatic heterocycles. The van der Waals surface area contributed by atoms with Gasteiger partial charge in [0.2, 0.25) is 0 Å². The van der Waals surface area contributed by atoms with E-state index in [0.29, 0.717) is 23.4 Å². The quantitative estimate of drug-likeness (QED) is 0.676. The normalized spacial score (nSPS) is 16.6. The van der Waals surface area contributed by atoms with E-state index in [0.717, 1.165) is 24.2 Å². The van der Waals surface area contributed by atoms with Gasteiger partial charge in [0.15, 0.2) is 6.61 Å². The minimum absolute atomic E-state index is 0.0541. The van der Waals surface area contributed by atoms with Crippen molar-refractivity contribution in [3.8, 4) is 11.5 Å². The molecule has 0 spiro atoms. The van der Waals surface area contributed by atoms with Gasteiger partial charge in [-0.25, -0.2) is 4.39 Å². The van der Waals surface area contributed by atoms with E-state index in [4.69, 9.17) is 9.47 Å². The third kappa shape index (κ3) is 4.36. The maximum absolute atomic E-state index is 13.1. The summed E-state index contributed by atoms with van der Waals surface area (Å²) in [6, 6.07) is 12.1. The van der Waals surface area contributed by atoms with Crippen LogP contribution in [0.3, 0.4) is 0 Å². The van der Waals surface area contributed by atoms with Crippen molar-refractivity contribution in [3.63, 3.8) is 0 Å².